The number of aromatic hydroxyl groups is 1. The van der Waals surface area contributed by atoms with Gasteiger partial charge >= 0.3 is 0 Å². The minimum Gasteiger partial charge on any atom is -0.504 e. The quantitative estimate of drug-likeness (QED) is 0.459. The SMILES string of the molecule is CN([C@H]1CC[C@@]2(O)[C@H]3Cc4ccc(O)c5c4[C@@]2(CCN3CCc2ccccc2)[C@H]1O5)S(=O)(=O)Cc1ccccc1. The number of hydrogen-bond acceptors (Lipinski definition) is 6. The van der Waals surface area contributed by atoms with E-state index in [-0.39, 0.29) is 17.5 Å². The first-order valence-corrected chi connectivity index (χ1v) is 15.9. The van der Waals surface area contributed by atoms with Crippen molar-refractivity contribution in [1.29, 1.82) is 0 Å². The van der Waals surface area contributed by atoms with E-state index in [1.165, 1.54) is 9.87 Å². The van der Waals surface area contributed by atoms with E-state index in [0.29, 0.717) is 31.4 Å². The van der Waals surface area contributed by atoms with E-state index in [9.17, 15) is 18.6 Å². The molecule has 2 bridgehead atoms. The summed E-state index contributed by atoms with van der Waals surface area (Å²) < 4.78 is 35.4. The molecule has 0 radical (unpaired) electrons. The lowest BCUT2D eigenvalue weighted by atomic mass is 9.48. The van der Waals surface area contributed by atoms with Gasteiger partial charge in [0.25, 0.3) is 0 Å². The van der Waals surface area contributed by atoms with E-state index < -0.39 is 33.2 Å². The summed E-state index contributed by atoms with van der Waals surface area (Å²) in [6, 6.07) is 22.7. The monoisotopic (exact) mass is 560 g/mol. The fourth-order valence-corrected chi connectivity index (χ4v) is 9.70. The highest BCUT2D eigenvalue weighted by Gasteiger charge is 2.73. The lowest BCUT2D eigenvalue weighted by Gasteiger charge is -2.64. The molecule has 1 saturated carbocycles. The van der Waals surface area contributed by atoms with E-state index in [1.54, 1.807) is 13.1 Å². The third-order valence-electron chi connectivity index (χ3n) is 10.2. The fourth-order valence-electron chi connectivity index (χ4n) is 8.26. The Morgan fingerprint density at radius 2 is 1.70 bits per heavy atom. The molecule has 7 rings (SSSR count). The van der Waals surface area contributed by atoms with Gasteiger partial charge in [0.1, 0.15) is 6.10 Å². The van der Waals surface area contributed by atoms with Crippen LogP contribution >= 0.6 is 0 Å². The molecule has 40 heavy (non-hydrogen) atoms. The van der Waals surface area contributed by atoms with E-state index in [4.69, 9.17) is 4.74 Å². The van der Waals surface area contributed by atoms with Crippen LogP contribution in [0.15, 0.2) is 72.8 Å². The van der Waals surface area contributed by atoms with Crippen molar-refractivity contribution in [3.63, 3.8) is 0 Å². The molecule has 1 saturated heterocycles. The van der Waals surface area contributed by atoms with Crippen molar-refractivity contribution < 1.29 is 23.4 Å². The van der Waals surface area contributed by atoms with Gasteiger partial charge in [-0.2, -0.15) is 4.31 Å². The molecule has 0 aromatic heterocycles. The number of aliphatic hydroxyl groups is 1. The standard InChI is InChI=1S/C32H36N2O5S/c1-33(40(37,38)21-23-10-6-3-7-11-23)25-14-16-32(36)27-20-24-12-13-26(35)29-28(24)31(32,30(25)39-29)17-19-34(27)18-15-22-8-4-2-5-9-22/h2-13,25,27,30,35-36H,14-21H2,1H3/t25-,27+,30-,31-,32+/m0/s1. The van der Waals surface area contributed by atoms with Crippen molar-refractivity contribution in [3.05, 3.63) is 95.1 Å². The molecule has 1 spiro atoms. The minimum atomic E-state index is -3.66. The zero-order valence-corrected chi connectivity index (χ0v) is 23.6. The summed E-state index contributed by atoms with van der Waals surface area (Å²) in [5.41, 5.74) is 2.14. The summed E-state index contributed by atoms with van der Waals surface area (Å²) in [5.74, 6) is 0.394. The van der Waals surface area contributed by atoms with Crippen LogP contribution in [0.5, 0.6) is 11.5 Å². The van der Waals surface area contributed by atoms with Gasteiger partial charge < -0.3 is 14.9 Å². The van der Waals surface area contributed by atoms with Gasteiger partial charge in [-0.3, -0.25) is 4.90 Å². The summed E-state index contributed by atoms with van der Waals surface area (Å²) in [4.78, 5) is 2.43. The van der Waals surface area contributed by atoms with Crippen LogP contribution in [0.2, 0.25) is 0 Å². The second-order valence-electron chi connectivity index (χ2n) is 12.0. The van der Waals surface area contributed by atoms with Gasteiger partial charge in [0, 0.05) is 25.2 Å². The molecule has 210 valence electrons. The Kier molecular flexibility index (Phi) is 6.06. The molecule has 2 aliphatic carbocycles. The van der Waals surface area contributed by atoms with Gasteiger partial charge in [0.05, 0.1) is 22.8 Å². The Labute approximate surface area is 236 Å². The average molecular weight is 561 g/mol. The Morgan fingerprint density at radius 3 is 2.42 bits per heavy atom. The second-order valence-corrected chi connectivity index (χ2v) is 14.0. The smallest absolute Gasteiger partial charge is 0.218 e. The van der Waals surface area contributed by atoms with Gasteiger partial charge in [0.15, 0.2) is 11.5 Å². The van der Waals surface area contributed by atoms with Crippen molar-refractivity contribution in [3.8, 4) is 11.5 Å². The van der Waals surface area contributed by atoms with Crippen molar-refractivity contribution in [2.75, 3.05) is 20.1 Å². The van der Waals surface area contributed by atoms with Crippen LogP contribution in [0, 0.1) is 0 Å². The Bertz CT molecular complexity index is 1530. The van der Waals surface area contributed by atoms with Crippen molar-refractivity contribution in [1.82, 2.24) is 9.21 Å². The number of nitrogens with zero attached hydrogens (tertiary/aromatic N) is 2. The topological polar surface area (TPSA) is 90.3 Å². The highest BCUT2D eigenvalue weighted by Crippen LogP contribution is 2.65. The molecular weight excluding hydrogens is 524 g/mol. The molecule has 5 atom stereocenters. The van der Waals surface area contributed by atoms with Crippen molar-refractivity contribution in [2.24, 2.45) is 0 Å². The summed E-state index contributed by atoms with van der Waals surface area (Å²) >= 11 is 0. The molecule has 2 aliphatic heterocycles. The normalized spacial score (nSPS) is 30.6. The van der Waals surface area contributed by atoms with Crippen LogP contribution in [-0.2, 0) is 34.0 Å². The number of ether oxygens (including phenoxy) is 1. The summed E-state index contributed by atoms with van der Waals surface area (Å²) in [7, 11) is -2.01. The number of piperidine rings is 1. The second kappa shape index (κ2) is 9.31. The Hall–Kier alpha value is -2.91. The third-order valence-corrected chi connectivity index (χ3v) is 12.0. The molecular formula is C32H36N2O5S. The van der Waals surface area contributed by atoms with Crippen molar-refractivity contribution >= 4 is 10.0 Å². The van der Waals surface area contributed by atoms with Crippen molar-refractivity contribution in [2.45, 2.75) is 67.1 Å². The van der Waals surface area contributed by atoms with Crippen LogP contribution in [0.1, 0.15) is 41.5 Å². The molecule has 3 aromatic carbocycles. The van der Waals surface area contributed by atoms with E-state index in [2.05, 4.69) is 29.2 Å². The van der Waals surface area contributed by atoms with E-state index in [0.717, 1.165) is 36.2 Å². The predicted molar refractivity (Wildman–Crippen MR) is 153 cm³/mol. The minimum absolute atomic E-state index is 0.0587. The van der Waals surface area contributed by atoms with Gasteiger partial charge in [-0.05, 0) is 61.4 Å². The lowest BCUT2D eigenvalue weighted by molar-refractivity contribution is -0.195. The molecule has 2 N–H and O–H groups in total. The van der Waals surface area contributed by atoms with Crippen LogP contribution in [0.4, 0.5) is 0 Å². The van der Waals surface area contributed by atoms with E-state index >= 15 is 0 Å². The molecule has 2 heterocycles. The number of phenols is 1. The van der Waals surface area contributed by atoms with E-state index in [1.807, 2.05) is 42.5 Å². The number of likely N-dealkylation sites (tertiary alicyclic amines) is 1. The average Bonchev–Trinajstić information content (AvgIpc) is 3.30. The third kappa shape index (κ3) is 3.69. The highest BCUT2D eigenvalue weighted by molar-refractivity contribution is 7.88. The summed E-state index contributed by atoms with van der Waals surface area (Å²) in [6.07, 6.45) is 2.61. The number of hydrogen-bond donors (Lipinski definition) is 2. The highest BCUT2D eigenvalue weighted by atomic mass is 32.2. The van der Waals surface area contributed by atoms with Gasteiger partial charge in [-0.15, -0.1) is 0 Å². The molecule has 0 amide bonds. The fraction of sp³-hybridized carbons (Fsp3) is 0.438. The molecule has 7 nitrogen and oxygen atoms in total. The molecule has 3 aromatic rings. The number of likely N-dealkylation sites (N-methyl/N-ethyl adjacent to an activating group) is 1. The first-order chi connectivity index (χ1) is 19.2. The predicted octanol–water partition coefficient (Wildman–Crippen LogP) is 3.62. The largest absolute Gasteiger partial charge is 0.504 e. The lowest BCUT2D eigenvalue weighted by Crippen LogP contribution is -2.78. The maximum atomic E-state index is 13.7. The number of benzene rings is 3. The molecule has 4 aliphatic rings. The summed E-state index contributed by atoms with van der Waals surface area (Å²) in [5, 5.41) is 23.6. The first-order valence-electron chi connectivity index (χ1n) is 14.3. The van der Waals surface area contributed by atoms with Crippen LogP contribution < -0.4 is 4.74 Å². The van der Waals surface area contributed by atoms with Gasteiger partial charge in [-0.25, -0.2) is 8.42 Å². The zero-order chi connectivity index (χ0) is 27.7. The first kappa shape index (κ1) is 26.0. The summed E-state index contributed by atoms with van der Waals surface area (Å²) in [6.45, 7) is 1.62. The van der Waals surface area contributed by atoms with Crippen LogP contribution in [-0.4, -0.2) is 71.8 Å². The Morgan fingerprint density at radius 1 is 1.00 bits per heavy atom. The molecule has 2 fully saturated rings. The van der Waals surface area contributed by atoms with Gasteiger partial charge in [0.2, 0.25) is 10.0 Å². The van der Waals surface area contributed by atoms with Gasteiger partial charge in [-0.1, -0.05) is 66.7 Å². The number of phenolic OH excluding ortho intramolecular Hbond substituents is 1. The Balaban J connectivity index is 1.25. The molecule has 8 heteroatoms. The molecule has 0 unspecified atom stereocenters. The number of rotatable bonds is 7. The zero-order valence-electron chi connectivity index (χ0n) is 22.7. The van der Waals surface area contributed by atoms with Crippen LogP contribution in [0.25, 0.3) is 0 Å². The van der Waals surface area contributed by atoms with Crippen LogP contribution in [0.3, 0.4) is 0 Å². The number of sulfonamides is 1. The maximum absolute atomic E-state index is 13.7. The maximum Gasteiger partial charge on any atom is 0.218 e.